The van der Waals surface area contributed by atoms with Gasteiger partial charge in [0.1, 0.15) is 0 Å². The van der Waals surface area contributed by atoms with E-state index in [1.165, 1.54) is 34.5 Å². The molecule has 3 aromatic carbocycles. The fourth-order valence-corrected chi connectivity index (χ4v) is 4.08. The van der Waals surface area contributed by atoms with Gasteiger partial charge in [0, 0.05) is 42.1 Å². The van der Waals surface area contributed by atoms with Gasteiger partial charge < -0.3 is 4.90 Å². The van der Waals surface area contributed by atoms with Crippen LogP contribution in [0.2, 0.25) is 0 Å². The molecule has 0 atom stereocenters. The lowest BCUT2D eigenvalue weighted by molar-refractivity contribution is -0.560. The van der Waals surface area contributed by atoms with Crippen LogP contribution in [0.4, 0.5) is 5.69 Å². The molecule has 29 heavy (non-hydrogen) atoms. The second-order valence-corrected chi connectivity index (χ2v) is 7.73. The molecule has 0 heterocycles. The molecular weight excluding hydrogens is 352 g/mol. The summed E-state index contributed by atoms with van der Waals surface area (Å²) in [5.74, 6) is 0. The molecule has 2 heteroatoms. The van der Waals surface area contributed by atoms with Crippen LogP contribution in [-0.4, -0.2) is 17.3 Å². The molecular formula is C27H29N2+. The summed E-state index contributed by atoms with van der Waals surface area (Å²) in [6.45, 7) is 1.88. The maximum Gasteiger partial charge on any atom is 0.181 e. The van der Waals surface area contributed by atoms with Gasteiger partial charge in [0.2, 0.25) is 0 Å². The van der Waals surface area contributed by atoms with Crippen LogP contribution in [0.1, 0.15) is 30.4 Å². The van der Waals surface area contributed by atoms with Gasteiger partial charge in [-0.15, -0.1) is 0 Å². The summed E-state index contributed by atoms with van der Waals surface area (Å²) in [6.07, 6.45) is 5.85. The van der Waals surface area contributed by atoms with E-state index in [9.17, 15) is 0 Å². The third-order valence-corrected chi connectivity index (χ3v) is 5.56. The first-order valence-corrected chi connectivity index (χ1v) is 10.5. The lowest BCUT2D eigenvalue weighted by Gasteiger charge is -2.16. The number of nitrogens with zero attached hydrogens (tertiary/aromatic N) is 2. The maximum atomic E-state index is 2.57. The van der Waals surface area contributed by atoms with Crippen molar-refractivity contribution in [2.24, 2.45) is 0 Å². The summed E-state index contributed by atoms with van der Waals surface area (Å²) < 4.78 is 2.57. The molecule has 1 fully saturated rings. The number of hydrogen-bond donors (Lipinski definition) is 0. The van der Waals surface area contributed by atoms with Gasteiger partial charge >= 0.3 is 0 Å². The third-order valence-electron chi connectivity index (χ3n) is 5.56. The summed E-state index contributed by atoms with van der Waals surface area (Å²) in [6, 6.07) is 32.2. The third kappa shape index (κ3) is 5.03. The monoisotopic (exact) mass is 381 g/mol. The van der Waals surface area contributed by atoms with Crippen molar-refractivity contribution >= 4 is 11.4 Å². The molecule has 2 nitrogen and oxygen atoms in total. The molecule has 1 saturated carbocycles. The standard InChI is InChI=1S/C27H29N2/c1-28(26-17-9-4-10-18-26)22-25-16-11-19-27(25)29(20-23-12-5-2-6-13-23)21-24-14-7-3-8-15-24/h2-10,12-15,17-18,22H,11,16,19-21H2,1H3/q+1. The summed E-state index contributed by atoms with van der Waals surface area (Å²) in [5.41, 5.74) is 6.89. The number of para-hydroxylation sites is 1. The van der Waals surface area contributed by atoms with Gasteiger partial charge in [-0.2, -0.15) is 0 Å². The fourth-order valence-electron chi connectivity index (χ4n) is 4.08. The predicted octanol–water partition coefficient (Wildman–Crippen LogP) is 6.04. The lowest BCUT2D eigenvalue weighted by Crippen LogP contribution is -2.21. The Kier molecular flexibility index (Phi) is 6.21. The van der Waals surface area contributed by atoms with E-state index in [1.54, 1.807) is 0 Å². The summed E-state index contributed by atoms with van der Waals surface area (Å²) in [4.78, 5) is 2.25. The molecule has 3 aromatic rings. The first-order chi connectivity index (χ1) is 14.3. The second-order valence-electron chi connectivity index (χ2n) is 7.73. The Balaban J connectivity index is 1.68. The highest BCUT2D eigenvalue weighted by Gasteiger charge is 2.26. The van der Waals surface area contributed by atoms with E-state index < -0.39 is 0 Å². The molecule has 4 rings (SSSR count). The predicted molar refractivity (Wildman–Crippen MR) is 122 cm³/mol. The Morgan fingerprint density at radius 3 is 1.79 bits per heavy atom. The minimum atomic E-state index is 0.942. The number of hydrogen-bond acceptors (Lipinski definition) is 1. The number of rotatable bonds is 6. The van der Waals surface area contributed by atoms with Gasteiger partial charge in [-0.05, 0) is 25.0 Å². The first kappa shape index (κ1) is 19.2. The van der Waals surface area contributed by atoms with Crippen LogP contribution in [-0.2, 0) is 13.1 Å². The smallest absolute Gasteiger partial charge is 0.181 e. The van der Waals surface area contributed by atoms with Crippen molar-refractivity contribution in [3.8, 4) is 0 Å². The summed E-state index contributed by atoms with van der Waals surface area (Å²) >= 11 is 0. The van der Waals surface area contributed by atoms with Gasteiger partial charge in [-0.1, -0.05) is 78.9 Å². The number of allylic oxidation sites excluding steroid dienone is 1. The van der Waals surface area contributed by atoms with E-state index in [1.807, 2.05) is 0 Å². The zero-order chi connectivity index (χ0) is 19.9. The fraction of sp³-hybridized carbons (Fsp3) is 0.222. The molecule has 0 amide bonds. The average Bonchev–Trinajstić information content (AvgIpc) is 3.23. The van der Waals surface area contributed by atoms with Crippen molar-refractivity contribution in [1.82, 2.24) is 0 Å². The largest absolute Gasteiger partial charge is 0.351 e. The molecule has 146 valence electrons. The van der Waals surface area contributed by atoms with Crippen LogP contribution in [0.5, 0.6) is 0 Å². The molecule has 0 radical (unpaired) electrons. The van der Waals surface area contributed by atoms with Crippen LogP contribution in [0.15, 0.2) is 103 Å². The van der Waals surface area contributed by atoms with Crippen LogP contribution < -0.4 is 4.90 Å². The average molecular weight is 382 g/mol. The highest BCUT2D eigenvalue weighted by molar-refractivity contribution is 5.98. The van der Waals surface area contributed by atoms with Crippen LogP contribution in [0.25, 0.3) is 0 Å². The number of benzene rings is 3. The van der Waals surface area contributed by atoms with Crippen LogP contribution >= 0.6 is 0 Å². The topological polar surface area (TPSA) is 6.25 Å². The summed E-state index contributed by atoms with van der Waals surface area (Å²) in [5, 5.41) is 0. The molecule has 0 spiro atoms. The van der Waals surface area contributed by atoms with E-state index >= 15 is 0 Å². The maximum absolute atomic E-state index is 2.57. The van der Waals surface area contributed by atoms with Gasteiger partial charge in [-0.3, -0.25) is 0 Å². The Morgan fingerprint density at radius 1 is 0.724 bits per heavy atom. The highest BCUT2D eigenvalue weighted by atomic mass is 15.1. The van der Waals surface area contributed by atoms with Crippen LogP contribution in [0, 0.1) is 0 Å². The summed E-state index contributed by atoms with van der Waals surface area (Å²) in [7, 11) is 2.15. The second kappa shape index (κ2) is 9.38. The highest BCUT2D eigenvalue weighted by Crippen LogP contribution is 2.25. The van der Waals surface area contributed by atoms with Gasteiger partial charge in [-0.25, -0.2) is 4.58 Å². The van der Waals surface area contributed by atoms with Crippen molar-refractivity contribution in [1.29, 1.82) is 0 Å². The first-order valence-electron chi connectivity index (χ1n) is 10.5. The van der Waals surface area contributed by atoms with Crippen molar-refractivity contribution in [2.75, 3.05) is 11.9 Å². The Morgan fingerprint density at radius 2 is 1.24 bits per heavy atom. The minimum absolute atomic E-state index is 0.942. The van der Waals surface area contributed by atoms with Gasteiger partial charge in [0.25, 0.3) is 0 Å². The zero-order valence-electron chi connectivity index (χ0n) is 17.2. The minimum Gasteiger partial charge on any atom is -0.351 e. The van der Waals surface area contributed by atoms with E-state index in [-0.39, 0.29) is 0 Å². The normalized spacial score (nSPS) is 14.9. The van der Waals surface area contributed by atoms with Crippen LogP contribution in [0.3, 0.4) is 0 Å². The van der Waals surface area contributed by atoms with Crippen molar-refractivity contribution < 1.29 is 4.58 Å². The molecule has 0 saturated heterocycles. The zero-order valence-corrected chi connectivity index (χ0v) is 17.2. The SMILES string of the molecule is CN(/C=C1\CCCC1=[N+](Cc1ccccc1)Cc1ccccc1)c1ccccc1. The van der Waals surface area contributed by atoms with Crippen molar-refractivity contribution in [3.63, 3.8) is 0 Å². The van der Waals surface area contributed by atoms with E-state index in [4.69, 9.17) is 0 Å². The Bertz CT molecular complexity index is 929. The van der Waals surface area contributed by atoms with Gasteiger partial charge in [0.15, 0.2) is 18.8 Å². The lowest BCUT2D eigenvalue weighted by atomic mass is 10.1. The molecule has 0 aromatic heterocycles. The van der Waals surface area contributed by atoms with Crippen molar-refractivity contribution in [2.45, 2.75) is 32.4 Å². The molecule has 1 aliphatic carbocycles. The molecule has 0 aliphatic heterocycles. The number of anilines is 1. The quantitative estimate of drug-likeness (QED) is 0.472. The molecule has 0 N–H and O–H groups in total. The molecule has 0 unspecified atom stereocenters. The van der Waals surface area contributed by atoms with Gasteiger partial charge in [0.05, 0.1) is 0 Å². The molecule has 1 aliphatic rings. The van der Waals surface area contributed by atoms with E-state index in [0.29, 0.717) is 0 Å². The Labute approximate surface area is 174 Å². The van der Waals surface area contributed by atoms with E-state index in [0.717, 1.165) is 25.9 Å². The Hall–Kier alpha value is -3.13. The molecule has 0 bridgehead atoms. The van der Waals surface area contributed by atoms with E-state index in [2.05, 4.69) is 114 Å². The van der Waals surface area contributed by atoms with Crippen molar-refractivity contribution in [3.05, 3.63) is 114 Å².